The predicted octanol–water partition coefficient (Wildman–Crippen LogP) is 3.95. The molecule has 0 amide bonds. The van der Waals surface area contributed by atoms with Crippen LogP contribution in [0, 0.1) is 0 Å². The minimum Gasteiger partial charge on any atom is -0.472 e. The quantitative estimate of drug-likeness (QED) is 0.276. The molecule has 0 aliphatic carbocycles. The van der Waals surface area contributed by atoms with Crippen molar-refractivity contribution < 1.29 is 32.7 Å². The van der Waals surface area contributed by atoms with Gasteiger partial charge < -0.3 is 18.3 Å². The molecule has 0 saturated heterocycles. The van der Waals surface area contributed by atoms with E-state index in [0.29, 0.717) is 16.5 Å². The summed E-state index contributed by atoms with van der Waals surface area (Å²) in [4.78, 5) is 40.0. The van der Waals surface area contributed by atoms with E-state index < -0.39 is 18.2 Å². The summed E-state index contributed by atoms with van der Waals surface area (Å²) in [7, 11) is 0. The molecule has 0 aliphatic heterocycles. The summed E-state index contributed by atoms with van der Waals surface area (Å²) in [6, 6.07) is 11.0. The second-order valence-electron chi connectivity index (χ2n) is 5.97. The van der Waals surface area contributed by atoms with Gasteiger partial charge in [0.05, 0.1) is 29.2 Å². The maximum atomic E-state index is 12.3. The highest BCUT2D eigenvalue weighted by Crippen LogP contribution is 2.24. The Morgan fingerprint density at radius 2 is 1.55 bits per heavy atom. The Morgan fingerprint density at radius 3 is 2.10 bits per heavy atom. The lowest BCUT2D eigenvalue weighted by molar-refractivity contribution is -0.0843. The third-order valence-electron chi connectivity index (χ3n) is 4.05. The molecule has 0 fully saturated rings. The molecule has 1 aromatic carbocycles. The van der Waals surface area contributed by atoms with Crippen molar-refractivity contribution in [2.24, 2.45) is 0 Å². The van der Waals surface area contributed by atoms with Gasteiger partial charge in [0.1, 0.15) is 24.5 Å². The Kier molecular flexibility index (Phi) is 4.90. The molecule has 8 nitrogen and oxygen atoms in total. The zero-order valence-electron chi connectivity index (χ0n) is 14.8. The first-order valence-electron chi connectivity index (χ1n) is 8.46. The second-order valence-corrected chi connectivity index (χ2v) is 5.97. The van der Waals surface area contributed by atoms with Gasteiger partial charge in [-0.2, -0.15) is 0 Å². The Morgan fingerprint density at radius 1 is 0.897 bits per heavy atom. The second kappa shape index (κ2) is 7.81. The zero-order chi connectivity index (χ0) is 20.2. The first-order valence-corrected chi connectivity index (χ1v) is 8.46. The standard InChI is InChI=1S/C21H13NO7/c23-10-13-1-3-17-14(9-13)2-4-18(22-17)21(28-19(24)15-5-7-26-11-15)29-20(25)16-6-8-27-12-16/h1-12,21H. The summed E-state index contributed by atoms with van der Waals surface area (Å²) in [5.74, 6) is -1.50. The molecule has 3 heterocycles. The predicted molar refractivity (Wildman–Crippen MR) is 98.1 cm³/mol. The summed E-state index contributed by atoms with van der Waals surface area (Å²) in [6.45, 7) is 0. The van der Waals surface area contributed by atoms with Crippen LogP contribution < -0.4 is 0 Å². The molecular weight excluding hydrogens is 378 g/mol. The lowest BCUT2D eigenvalue weighted by atomic mass is 10.1. The molecule has 4 aromatic rings. The van der Waals surface area contributed by atoms with Gasteiger partial charge in [0, 0.05) is 10.9 Å². The lowest BCUT2D eigenvalue weighted by Crippen LogP contribution is -2.19. The Balaban J connectivity index is 1.66. The van der Waals surface area contributed by atoms with Crippen LogP contribution in [-0.4, -0.2) is 23.2 Å². The number of ether oxygens (including phenoxy) is 2. The molecule has 3 aromatic heterocycles. The Bertz CT molecular complexity index is 1110. The number of hydrogen-bond donors (Lipinski definition) is 0. The van der Waals surface area contributed by atoms with Crippen molar-refractivity contribution in [3.8, 4) is 0 Å². The molecular formula is C21H13NO7. The minimum atomic E-state index is -1.41. The normalized spacial score (nSPS) is 10.8. The highest BCUT2D eigenvalue weighted by atomic mass is 16.7. The first kappa shape index (κ1) is 18.2. The van der Waals surface area contributed by atoms with E-state index in [-0.39, 0.29) is 16.8 Å². The van der Waals surface area contributed by atoms with Gasteiger partial charge in [0.2, 0.25) is 0 Å². The van der Waals surface area contributed by atoms with Gasteiger partial charge in [-0.1, -0.05) is 6.07 Å². The summed E-state index contributed by atoms with van der Waals surface area (Å²) in [6.07, 6.45) is 4.40. The SMILES string of the molecule is O=Cc1ccc2nc(C(OC(=O)c3ccoc3)OC(=O)c3ccoc3)ccc2c1. The number of esters is 2. The van der Waals surface area contributed by atoms with Crippen molar-refractivity contribution >= 4 is 29.1 Å². The number of carbonyl (C=O) groups is 3. The van der Waals surface area contributed by atoms with E-state index in [4.69, 9.17) is 18.3 Å². The largest absolute Gasteiger partial charge is 0.472 e. The van der Waals surface area contributed by atoms with Gasteiger partial charge in [-0.05, 0) is 36.4 Å². The third kappa shape index (κ3) is 3.91. The fourth-order valence-corrected chi connectivity index (χ4v) is 2.60. The molecule has 8 heteroatoms. The van der Waals surface area contributed by atoms with Crippen LogP contribution >= 0.6 is 0 Å². The van der Waals surface area contributed by atoms with E-state index in [1.54, 1.807) is 30.3 Å². The number of benzene rings is 1. The molecule has 0 atom stereocenters. The number of aldehydes is 1. The number of carbonyl (C=O) groups excluding carboxylic acids is 3. The van der Waals surface area contributed by atoms with Crippen molar-refractivity contribution in [2.45, 2.75) is 6.29 Å². The van der Waals surface area contributed by atoms with Crippen molar-refractivity contribution in [3.05, 3.63) is 89.9 Å². The van der Waals surface area contributed by atoms with Gasteiger partial charge in [-0.25, -0.2) is 14.6 Å². The smallest absolute Gasteiger partial charge is 0.344 e. The van der Waals surface area contributed by atoms with Crippen LogP contribution in [0.4, 0.5) is 0 Å². The van der Waals surface area contributed by atoms with E-state index in [0.717, 1.165) is 6.29 Å². The molecule has 29 heavy (non-hydrogen) atoms. The molecule has 0 bridgehead atoms. The number of pyridine rings is 1. The average Bonchev–Trinajstić information content (AvgIpc) is 3.46. The van der Waals surface area contributed by atoms with Crippen LogP contribution in [0.2, 0.25) is 0 Å². The highest BCUT2D eigenvalue weighted by molar-refractivity contribution is 5.91. The van der Waals surface area contributed by atoms with E-state index in [1.165, 1.54) is 37.2 Å². The van der Waals surface area contributed by atoms with Crippen LogP contribution in [0.5, 0.6) is 0 Å². The zero-order valence-corrected chi connectivity index (χ0v) is 14.8. The number of hydrogen-bond acceptors (Lipinski definition) is 8. The van der Waals surface area contributed by atoms with Crippen molar-refractivity contribution in [1.82, 2.24) is 4.98 Å². The van der Waals surface area contributed by atoms with E-state index in [9.17, 15) is 14.4 Å². The van der Waals surface area contributed by atoms with Crippen molar-refractivity contribution in [3.63, 3.8) is 0 Å². The molecule has 0 radical (unpaired) electrons. The molecule has 0 saturated carbocycles. The topological polar surface area (TPSA) is 109 Å². The fourth-order valence-electron chi connectivity index (χ4n) is 2.60. The number of aromatic nitrogens is 1. The van der Waals surface area contributed by atoms with Crippen molar-refractivity contribution in [2.75, 3.05) is 0 Å². The average molecular weight is 391 g/mol. The summed E-state index contributed by atoms with van der Waals surface area (Å²) >= 11 is 0. The maximum Gasteiger partial charge on any atom is 0.344 e. The number of furan rings is 2. The Hall–Kier alpha value is -4.20. The monoisotopic (exact) mass is 391 g/mol. The third-order valence-corrected chi connectivity index (χ3v) is 4.05. The molecule has 0 aliphatic rings. The van der Waals surface area contributed by atoms with Crippen LogP contribution in [0.25, 0.3) is 10.9 Å². The van der Waals surface area contributed by atoms with Crippen LogP contribution in [0.3, 0.4) is 0 Å². The van der Waals surface area contributed by atoms with Gasteiger partial charge in [0.25, 0.3) is 6.29 Å². The summed E-state index contributed by atoms with van der Waals surface area (Å²) in [5, 5.41) is 0.708. The molecule has 0 spiro atoms. The molecule has 144 valence electrons. The molecule has 4 rings (SSSR count). The van der Waals surface area contributed by atoms with Gasteiger partial charge in [-0.3, -0.25) is 4.79 Å². The summed E-state index contributed by atoms with van der Waals surface area (Å²) < 4.78 is 20.5. The Labute approximate surface area is 163 Å². The van der Waals surface area contributed by atoms with Crippen molar-refractivity contribution in [1.29, 1.82) is 0 Å². The lowest BCUT2D eigenvalue weighted by Gasteiger charge is -2.17. The first-order chi connectivity index (χ1) is 14.1. The van der Waals surface area contributed by atoms with Gasteiger partial charge in [0.15, 0.2) is 0 Å². The molecule has 0 N–H and O–H groups in total. The summed E-state index contributed by atoms with van der Waals surface area (Å²) in [5.41, 5.74) is 1.56. The van der Waals surface area contributed by atoms with Crippen LogP contribution in [0.1, 0.15) is 43.1 Å². The number of fused-ring (bicyclic) bond motifs is 1. The number of nitrogens with zero attached hydrogens (tertiary/aromatic N) is 1. The van der Waals surface area contributed by atoms with Gasteiger partial charge in [-0.15, -0.1) is 0 Å². The fraction of sp³-hybridized carbons (Fsp3) is 0.0476. The minimum absolute atomic E-state index is 0.158. The van der Waals surface area contributed by atoms with E-state index >= 15 is 0 Å². The molecule has 0 unspecified atom stereocenters. The van der Waals surface area contributed by atoms with E-state index in [2.05, 4.69) is 4.98 Å². The maximum absolute atomic E-state index is 12.3. The van der Waals surface area contributed by atoms with Crippen LogP contribution in [-0.2, 0) is 9.47 Å². The van der Waals surface area contributed by atoms with E-state index in [1.807, 2.05) is 0 Å². The number of rotatable bonds is 6. The highest BCUT2D eigenvalue weighted by Gasteiger charge is 2.25. The van der Waals surface area contributed by atoms with Crippen LogP contribution in [0.15, 0.2) is 76.4 Å². The van der Waals surface area contributed by atoms with Gasteiger partial charge >= 0.3 is 11.9 Å².